The number of nitrogens with zero attached hydrogens (tertiary/aromatic N) is 2. The quantitative estimate of drug-likeness (QED) is 0.833. The van der Waals surface area contributed by atoms with Crippen molar-refractivity contribution in [1.29, 1.82) is 0 Å². The van der Waals surface area contributed by atoms with Crippen LogP contribution in [-0.2, 0) is 0 Å². The maximum absolute atomic E-state index is 13.1. The van der Waals surface area contributed by atoms with Crippen LogP contribution in [0, 0.1) is 5.82 Å². The number of fused-ring (bicyclic) bond motifs is 3. The van der Waals surface area contributed by atoms with E-state index in [-0.39, 0.29) is 18.1 Å². The highest BCUT2D eigenvalue weighted by atomic mass is 19.1. The van der Waals surface area contributed by atoms with Crippen molar-refractivity contribution in [3.05, 3.63) is 65.5 Å². The molecule has 0 aromatic heterocycles. The highest BCUT2D eigenvalue weighted by Crippen LogP contribution is 2.43. The monoisotopic (exact) mass is 296 g/mol. The summed E-state index contributed by atoms with van der Waals surface area (Å²) >= 11 is 0. The Morgan fingerprint density at radius 2 is 1.95 bits per heavy atom. The molecule has 2 unspecified atom stereocenters. The largest absolute Gasteiger partial charge is 0.469 e. The molecule has 112 valence electrons. The molecule has 0 saturated heterocycles. The molecule has 0 spiro atoms. The van der Waals surface area contributed by atoms with Crippen LogP contribution in [0.25, 0.3) is 0 Å². The first-order valence-corrected chi connectivity index (χ1v) is 7.63. The van der Waals surface area contributed by atoms with Crippen molar-refractivity contribution in [2.75, 3.05) is 0 Å². The molecule has 0 fully saturated rings. The summed E-state index contributed by atoms with van der Waals surface area (Å²) in [7, 11) is 0. The SMILES string of the molecule is CCC1Oc2ccccc2C2CC(c3ccc(F)cc3)=NN12. The van der Waals surface area contributed by atoms with Gasteiger partial charge < -0.3 is 4.74 Å². The minimum atomic E-state index is -0.222. The van der Waals surface area contributed by atoms with Crippen molar-refractivity contribution in [2.45, 2.75) is 32.0 Å². The van der Waals surface area contributed by atoms with E-state index in [4.69, 9.17) is 9.84 Å². The van der Waals surface area contributed by atoms with Crippen LogP contribution >= 0.6 is 0 Å². The van der Waals surface area contributed by atoms with Crippen LogP contribution in [0.5, 0.6) is 5.75 Å². The summed E-state index contributed by atoms with van der Waals surface area (Å²) in [5, 5.41) is 6.82. The molecule has 4 rings (SSSR count). The van der Waals surface area contributed by atoms with Crippen LogP contribution in [0.3, 0.4) is 0 Å². The topological polar surface area (TPSA) is 24.8 Å². The summed E-state index contributed by atoms with van der Waals surface area (Å²) in [6.45, 7) is 2.10. The van der Waals surface area contributed by atoms with E-state index in [0.29, 0.717) is 0 Å². The second-order valence-corrected chi connectivity index (χ2v) is 5.67. The lowest BCUT2D eigenvalue weighted by molar-refractivity contribution is -0.0188. The molecule has 2 aliphatic heterocycles. The van der Waals surface area contributed by atoms with E-state index in [1.54, 1.807) is 12.1 Å². The minimum absolute atomic E-state index is 0.0437. The molecule has 0 radical (unpaired) electrons. The fraction of sp³-hybridized carbons (Fsp3) is 0.278. The standard InChI is InChI=1S/C18H17FN2O/c1-2-18-21-16(14-5-3-4-6-17(14)22-18)11-15(20-21)12-7-9-13(19)10-8-12/h3-10,16,18H,2,11H2,1H3. The lowest BCUT2D eigenvalue weighted by atomic mass is 9.96. The van der Waals surface area contributed by atoms with E-state index in [1.807, 2.05) is 18.2 Å². The molecule has 4 heteroatoms. The fourth-order valence-corrected chi connectivity index (χ4v) is 3.20. The third kappa shape index (κ3) is 2.06. The average Bonchev–Trinajstić information content (AvgIpc) is 3.00. The summed E-state index contributed by atoms with van der Waals surface area (Å²) in [5.74, 6) is 0.728. The smallest absolute Gasteiger partial charge is 0.187 e. The normalized spacial score (nSPS) is 22.6. The predicted octanol–water partition coefficient (Wildman–Crippen LogP) is 4.11. The highest BCUT2D eigenvalue weighted by Gasteiger charge is 2.39. The summed E-state index contributed by atoms with van der Waals surface area (Å²) in [4.78, 5) is 0. The number of hydrogen-bond donors (Lipinski definition) is 0. The lowest BCUT2D eigenvalue weighted by Gasteiger charge is -2.37. The maximum atomic E-state index is 13.1. The van der Waals surface area contributed by atoms with E-state index < -0.39 is 0 Å². The zero-order valence-electron chi connectivity index (χ0n) is 12.4. The summed E-state index contributed by atoms with van der Waals surface area (Å²) in [5.41, 5.74) is 3.14. The second kappa shape index (κ2) is 5.13. The van der Waals surface area contributed by atoms with Crippen molar-refractivity contribution < 1.29 is 9.13 Å². The van der Waals surface area contributed by atoms with Gasteiger partial charge in [-0.2, -0.15) is 5.10 Å². The molecule has 3 nitrogen and oxygen atoms in total. The number of ether oxygens (including phenoxy) is 1. The lowest BCUT2D eigenvalue weighted by Crippen LogP contribution is -2.39. The van der Waals surface area contributed by atoms with Crippen molar-refractivity contribution in [3.8, 4) is 5.75 Å². The molecular formula is C18H17FN2O. The molecule has 2 heterocycles. The van der Waals surface area contributed by atoms with Gasteiger partial charge in [0.05, 0.1) is 11.8 Å². The van der Waals surface area contributed by atoms with E-state index >= 15 is 0 Å². The first-order chi connectivity index (χ1) is 10.8. The predicted molar refractivity (Wildman–Crippen MR) is 83.3 cm³/mol. The van der Waals surface area contributed by atoms with Crippen LogP contribution in [0.1, 0.15) is 36.9 Å². The number of hydrazone groups is 1. The highest BCUT2D eigenvalue weighted by molar-refractivity contribution is 6.01. The van der Waals surface area contributed by atoms with Gasteiger partial charge in [0.25, 0.3) is 0 Å². The molecule has 2 aromatic carbocycles. The Morgan fingerprint density at radius 1 is 1.18 bits per heavy atom. The Hall–Kier alpha value is -2.36. The van der Waals surface area contributed by atoms with Gasteiger partial charge in [-0.1, -0.05) is 37.3 Å². The number of halogens is 1. The summed E-state index contributed by atoms with van der Waals surface area (Å²) < 4.78 is 19.2. The number of hydrogen-bond acceptors (Lipinski definition) is 3. The number of rotatable bonds is 2. The average molecular weight is 296 g/mol. The van der Waals surface area contributed by atoms with E-state index in [1.165, 1.54) is 17.7 Å². The van der Waals surface area contributed by atoms with Gasteiger partial charge in [0, 0.05) is 18.4 Å². The van der Waals surface area contributed by atoms with Crippen molar-refractivity contribution in [1.82, 2.24) is 5.01 Å². The van der Waals surface area contributed by atoms with Gasteiger partial charge in [-0.3, -0.25) is 5.01 Å². The van der Waals surface area contributed by atoms with E-state index in [0.717, 1.165) is 29.9 Å². The summed E-state index contributed by atoms with van der Waals surface area (Å²) in [6, 6.07) is 14.9. The van der Waals surface area contributed by atoms with Crippen molar-refractivity contribution >= 4 is 5.71 Å². The number of para-hydroxylation sites is 1. The van der Waals surface area contributed by atoms with Gasteiger partial charge in [-0.05, 0) is 23.8 Å². The first-order valence-electron chi connectivity index (χ1n) is 7.63. The minimum Gasteiger partial charge on any atom is -0.469 e. The molecule has 2 aromatic rings. The van der Waals surface area contributed by atoms with Crippen LogP contribution in [0.2, 0.25) is 0 Å². The van der Waals surface area contributed by atoms with Gasteiger partial charge in [-0.15, -0.1) is 0 Å². The van der Waals surface area contributed by atoms with Crippen molar-refractivity contribution in [2.24, 2.45) is 5.10 Å². The molecule has 2 atom stereocenters. The van der Waals surface area contributed by atoms with Gasteiger partial charge >= 0.3 is 0 Å². The maximum Gasteiger partial charge on any atom is 0.187 e. The van der Waals surface area contributed by atoms with Gasteiger partial charge in [0.2, 0.25) is 0 Å². The van der Waals surface area contributed by atoms with Gasteiger partial charge in [0.15, 0.2) is 6.23 Å². The fourth-order valence-electron chi connectivity index (χ4n) is 3.20. The molecule has 0 aliphatic carbocycles. The van der Waals surface area contributed by atoms with Crippen molar-refractivity contribution in [3.63, 3.8) is 0 Å². The third-order valence-corrected chi connectivity index (χ3v) is 4.30. The van der Waals surface area contributed by atoms with Gasteiger partial charge in [-0.25, -0.2) is 4.39 Å². The zero-order chi connectivity index (χ0) is 15.1. The van der Waals surface area contributed by atoms with E-state index in [9.17, 15) is 4.39 Å². The summed E-state index contributed by atoms with van der Waals surface area (Å²) in [6.07, 6.45) is 1.64. The Bertz CT molecular complexity index is 726. The van der Waals surface area contributed by atoms with Crippen LogP contribution in [-0.4, -0.2) is 16.9 Å². The number of benzene rings is 2. The second-order valence-electron chi connectivity index (χ2n) is 5.67. The molecular weight excluding hydrogens is 279 g/mol. The van der Waals surface area contributed by atoms with Crippen LogP contribution < -0.4 is 4.74 Å². The molecule has 2 aliphatic rings. The van der Waals surface area contributed by atoms with Crippen LogP contribution in [0.15, 0.2) is 53.6 Å². The molecule has 0 N–H and O–H groups in total. The molecule has 0 amide bonds. The Labute approximate surface area is 129 Å². The van der Waals surface area contributed by atoms with Gasteiger partial charge in [0.1, 0.15) is 11.6 Å². The van der Waals surface area contributed by atoms with E-state index in [2.05, 4.69) is 18.0 Å². The first kappa shape index (κ1) is 13.3. The molecule has 0 bridgehead atoms. The Kier molecular flexibility index (Phi) is 3.10. The Morgan fingerprint density at radius 3 is 2.73 bits per heavy atom. The molecule has 0 saturated carbocycles. The van der Waals surface area contributed by atoms with Crippen LogP contribution in [0.4, 0.5) is 4.39 Å². The third-order valence-electron chi connectivity index (χ3n) is 4.30. The zero-order valence-corrected chi connectivity index (χ0v) is 12.4. The Balaban J connectivity index is 1.72. The molecule has 22 heavy (non-hydrogen) atoms.